The predicted octanol–water partition coefficient (Wildman–Crippen LogP) is 5.11. The summed E-state index contributed by atoms with van der Waals surface area (Å²) in [7, 11) is 0. The van der Waals surface area contributed by atoms with E-state index >= 15 is 0 Å². The smallest absolute Gasteiger partial charge is 0.251 e. The van der Waals surface area contributed by atoms with Crippen molar-refractivity contribution >= 4 is 29.0 Å². The third-order valence-corrected chi connectivity index (χ3v) is 9.42. The van der Waals surface area contributed by atoms with Crippen LogP contribution < -0.4 is 15.4 Å². The number of ether oxygens (including phenoxy) is 1. The summed E-state index contributed by atoms with van der Waals surface area (Å²) in [5.41, 5.74) is 2.59. The number of carbonyl (C=O) groups is 3. The minimum Gasteiger partial charge on any atom is -0.494 e. The Labute approximate surface area is 233 Å². The molecule has 2 fully saturated rings. The molecule has 0 radical (unpaired) electrons. The highest BCUT2D eigenvalue weighted by atomic mass is 16.5. The largest absolute Gasteiger partial charge is 0.494 e. The molecular weight excluding hydrogens is 502 g/mol. The van der Waals surface area contributed by atoms with Gasteiger partial charge < -0.3 is 15.4 Å². The molecule has 4 atom stereocenters. The van der Waals surface area contributed by atoms with E-state index in [2.05, 4.69) is 15.5 Å². The van der Waals surface area contributed by atoms with Gasteiger partial charge in [0.15, 0.2) is 5.78 Å². The molecule has 0 aliphatic carbocycles. The van der Waals surface area contributed by atoms with E-state index in [9.17, 15) is 14.4 Å². The standard InChI is InChI=1S/C33H33N3O4/c1-4-15-40-22-10-7-9-21(18-22)29(37)27-26-13-8-14-36(26)33(24-17-19(2)16-20(3)28(24)35-31(33)39)32(27)23-11-5-6-12-25(23)34-30(32)38/h5-7,9-12,16-18,26-27H,4,8,13-15H2,1-3H3,(H,34,38)(H,35,39)/t26-,27-,32+,33+/m0/s1. The second-order valence-electron chi connectivity index (χ2n) is 11.6. The maximum Gasteiger partial charge on any atom is 0.251 e. The topological polar surface area (TPSA) is 87.7 Å². The lowest BCUT2D eigenvalue weighted by atomic mass is 9.57. The number of fused-ring (bicyclic) bond motifs is 7. The molecule has 2 saturated heterocycles. The minimum absolute atomic E-state index is 0.131. The molecule has 0 aromatic heterocycles. The summed E-state index contributed by atoms with van der Waals surface area (Å²) in [6.07, 6.45) is 2.44. The molecule has 4 aliphatic heterocycles. The third kappa shape index (κ3) is 2.96. The Morgan fingerprint density at radius 2 is 1.82 bits per heavy atom. The van der Waals surface area contributed by atoms with Crippen molar-refractivity contribution in [2.24, 2.45) is 5.92 Å². The number of anilines is 2. The molecule has 3 aromatic rings. The van der Waals surface area contributed by atoms with Crippen LogP contribution in [0, 0.1) is 19.8 Å². The van der Waals surface area contributed by atoms with Crippen LogP contribution in [0.1, 0.15) is 58.8 Å². The Hall–Kier alpha value is -3.97. The molecule has 0 saturated carbocycles. The third-order valence-electron chi connectivity index (χ3n) is 9.42. The number of hydrogen-bond donors (Lipinski definition) is 2. The van der Waals surface area contributed by atoms with E-state index in [1.807, 2.05) is 69.3 Å². The van der Waals surface area contributed by atoms with Crippen LogP contribution in [-0.2, 0) is 20.5 Å². The number of para-hydroxylation sites is 1. The Kier molecular flexibility index (Phi) is 5.48. The first-order valence-electron chi connectivity index (χ1n) is 14.2. The summed E-state index contributed by atoms with van der Waals surface area (Å²) in [6.45, 7) is 7.22. The second kappa shape index (κ2) is 8.77. The Morgan fingerprint density at radius 3 is 2.65 bits per heavy atom. The van der Waals surface area contributed by atoms with E-state index in [-0.39, 0.29) is 23.6 Å². The molecule has 2 N–H and O–H groups in total. The lowest BCUT2D eigenvalue weighted by Crippen LogP contribution is -2.62. The van der Waals surface area contributed by atoms with Crippen LogP contribution in [0.15, 0.2) is 60.7 Å². The van der Waals surface area contributed by atoms with E-state index in [0.717, 1.165) is 41.6 Å². The quantitative estimate of drug-likeness (QED) is 0.444. The molecule has 0 unspecified atom stereocenters. The predicted molar refractivity (Wildman–Crippen MR) is 153 cm³/mol. The maximum atomic E-state index is 14.8. The summed E-state index contributed by atoms with van der Waals surface area (Å²) in [6, 6.07) is 18.6. The van der Waals surface area contributed by atoms with Gasteiger partial charge >= 0.3 is 0 Å². The van der Waals surface area contributed by atoms with Crippen molar-refractivity contribution in [1.82, 2.24) is 4.90 Å². The molecule has 2 amide bonds. The van der Waals surface area contributed by atoms with Crippen LogP contribution >= 0.6 is 0 Å². The van der Waals surface area contributed by atoms with Gasteiger partial charge in [-0.05, 0) is 69.0 Å². The van der Waals surface area contributed by atoms with Crippen LogP contribution in [0.25, 0.3) is 0 Å². The van der Waals surface area contributed by atoms with E-state index in [1.165, 1.54) is 0 Å². The van der Waals surface area contributed by atoms with E-state index < -0.39 is 16.9 Å². The fourth-order valence-electron chi connectivity index (χ4n) is 8.17. The van der Waals surface area contributed by atoms with Crippen molar-refractivity contribution in [3.05, 3.63) is 88.5 Å². The lowest BCUT2D eigenvalue weighted by molar-refractivity contribution is -0.137. The number of aryl methyl sites for hydroxylation is 2. The van der Waals surface area contributed by atoms with Crippen LogP contribution in [0.3, 0.4) is 0 Å². The zero-order valence-electron chi connectivity index (χ0n) is 23.0. The van der Waals surface area contributed by atoms with Gasteiger partial charge in [0.25, 0.3) is 5.91 Å². The number of benzene rings is 3. The van der Waals surface area contributed by atoms with Crippen LogP contribution in [-0.4, -0.2) is 41.7 Å². The molecule has 0 bridgehead atoms. The van der Waals surface area contributed by atoms with Crippen LogP contribution in [0.4, 0.5) is 11.4 Å². The minimum atomic E-state index is -1.44. The maximum absolute atomic E-state index is 14.8. The summed E-state index contributed by atoms with van der Waals surface area (Å²) in [5.74, 6) is -0.790. The van der Waals surface area contributed by atoms with Gasteiger partial charge in [0.1, 0.15) is 16.7 Å². The van der Waals surface area contributed by atoms with E-state index in [0.29, 0.717) is 35.7 Å². The number of nitrogens with one attached hydrogen (secondary N) is 2. The molecule has 4 heterocycles. The van der Waals surface area contributed by atoms with Gasteiger partial charge in [-0.3, -0.25) is 19.3 Å². The van der Waals surface area contributed by atoms with Gasteiger partial charge in [-0.2, -0.15) is 0 Å². The number of rotatable bonds is 5. The molecule has 40 heavy (non-hydrogen) atoms. The zero-order chi connectivity index (χ0) is 27.8. The van der Waals surface area contributed by atoms with Crippen molar-refractivity contribution in [2.45, 2.75) is 57.0 Å². The fraction of sp³-hybridized carbons (Fsp3) is 0.364. The average molecular weight is 536 g/mol. The Bertz CT molecular complexity index is 1600. The van der Waals surface area contributed by atoms with Crippen LogP contribution in [0.5, 0.6) is 5.75 Å². The summed E-state index contributed by atoms with van der Waals surface area (Å²) in [5, 5.41) is 6.28. The number of carbonyl (C=O) groups excluding carboxylic acids is 3. The second-order valence-corrected chi connectivity index (χ2v) is 11.6. The zero-order valence-corrected chi connectivity index (χ0v) is 23.0. The first-order valence-corrected chi connectivity index (χ1v) is 14.2. The molecule has 2 spiro atoms. The average Bonchev–Trinajstić information content (AvgIpc) is 3.66. The first kappa shape index (κ1) is 25.0. The van der Waals surface area contributed by atoms with Gasteiger partial charge in [-0.25, -0.2) is 0 Å². The monoisotopic (exact) mass is 535 g/mol. The highest BCUT2D eigenvalue weighted by molar-refractivity contribution is 6.21. The molecule has 204 valence electrons. The van der Waals surface area contributed by atoms with E-state index in [4.69, 9.17) is 4.74 Å². The van der Waals surface area contributed by atoms with Crippen molar-refractivity contribution in [1.29, 1.82) is 0 Å². The summed E-state index contributed by atoms with van der Waals surface area (Å²) >= 11 is 0. The molecule has 4 aliphatic rings. The number of hydrogen-bond acceptors (Lipinski definition) is 5. The molecular formula is C33H33N3O4. The van der Waals surface area contributed by atoms with Crippen molar-refractivity contribution < 1.29 is 19.1 Å². The van der Waals surface area contributed by atoms with Crippen molar-refractivity contribution in [3.63, 3.8) is 0 Å². The number of nitrogens with zero attached hydrogens (tertiary/aromatic N) is 1. The normalized spacial score (nSPS) is 28.0. The van der Waals surface area contributed by atoms with Gasteiger partial charge in [0, 0.05) is 28.5 Å². The molecule has 7 nitrogen and oxygen atoms in total. The molecule has 7 heteroatoms. The highest BCUT2D eigenvalue weighted by Crippen LogP contribution is 2.68. The highest BCUT2D eigenvalue weighted by Gasteiger charge is 2.81. The first-order chi connectivity index (χ1) is 19.3. The Morgan fingerprint density at radius 1 is 1.00 bits per heavy atom. The lowest BCUT2D eigenvalue weighted by Gasteiger charge is -2.43. The van der Waals surface area contributed by atoms with Gasteiger partial charge in [0.05, 0.1) is 12.5 Å². The summed E-state index contributed by atoms with van der Waals surface area (Å²) < 4.78 is 5.87. The van der Waals surface area contributed by atoms with Crippen molar-refractivity contribution in [3.8, 4) is 5.75 Å². The van der Waals surface area contributed by atoms with Gasteiger partial charge in [-0.15, -0.1) is 0 Å². The molecule has 7 rings (SSSR count). The van der Waals surface area contributed by atoms with Crippen LogP contribution in [0.2, 0.25) is 0 Å². The number of amides is 2. The number of Topliss-reactive ketones (excluding diaryl/α,β-unsaturated/α-hetero) is 1. The number of ketones is 1. The van der Waals surface area contributed by atoms with E-state index in [1.54, 1.807) is 12.1 Å². The molecule has 3 aromatic carbocycles. The van der Waals surface area contributed by atoms with Gasteiger partial charge in [-0.1, -0.05) is 55.0 Å². The Balaban J connectivity index is 1.53. The van der Waals surface area contributed by atoms with Gasteiger partial charge in [0.2, 0.25) is 5.91 Å². The summed E-state index contributed by atoms with van der Waals surface area (Å²) in [4.78, 5) is 46.2. The fourth-order valence-corrected chi connectivity index (χ4v) is 8.17. The van der Waals surface area contributed by atoms with Crippen molar-refractivity contribution in [2.75, 3.05) is 23.8 Å². The SMILES string of the molecule is CCCOc1cccc(C(=O)[C@@H]2[C@@H]3CCCN3[C@]3(C(=O)Nc4c(C)cc(C)cc43)[C@@]23C(=O)Nc2ccccc23)c1.